The lowest BCUT2D eigenvalue weighted by Gasteiger charge is -2.31. The number of aryl methyl sites for hydroxylation is 1. The molecule has 0 bridgehead atoms. The van der Waals surface area contributed by atoms with E-state index in [4.69, 9.17) is 4.52 Å². The SMILES string of the molecule is CCc1cc(C(=O)N2CCC[C@@H](c3ccn[nH]3)C2)on1. The monoisotopic (exact) mass is 274 g/mol. The molecule has 0 saturated carbocycles. The number of piperidine rings is 1. The summed E-state index contributed by atoms with van der Waals surface area (Å²) in [6.07, 6.45) is 4.58. The Kier molecular flexibility index (Phi) is 3.54. The predicted octanol–water partition coefficient (Wildman–Crippen LogP) is 1.98. The Morgan fingerprint density at radius 3 is 3.20 bits per heavy atom. The molecular formula is C14H18N4O2. The minimum atomic E-state index is -0.0681. The van der Waals surface area contributed by atoms with Gasteiger partial charge in [-0.15, -0.1) is 0 Å². The summed E-state index contributed by atoms with van der Waals surface area (Å²) in [6, 6.07) is 3.71. The van der Waals surface area contributed by atoms with E-state index in [2.05, 4.69) is 15.4 Å². The van der Waals surface area contributed by atoms with Gasteiger partial charge in [0.15, 0.2) is 0 Å². The summed E-state index contributed by atoms with van der Waals surface area (Å²) < 4.78 is 5.14. The van der Waals surface area contributed by atoms with Crippen LogP contribution in [0.4, 0.5) is 0 Å². The highest BCUT2D eigenvalue weighted by Gasteiger charge is 2.28. The second-order valence-corrected chi connectivity index (χ2v) is 5.14. The number of likely N-dealkylation sites (tertiary alicyclic amines) is 1. The fourth-order valence-corrected chi connectivity index (χ4v) is 2.64. The van der Waals surface area contributed by atoms with Gasteiger partial charge in [0.05, 0.1) is 5.69 Å². The first-order valence-electron chi connectivity index (χ1n) is 7.02. The molecule has 0 radical (unpaired) electrons. The lowest BCUT2D eigenvalue weighted by molar-refractivity contribution is 0.0663. The second kappa shape index (κ2) is 5.48. The van der Waals surface area contributed by atoms with Crippen molar-refractivity contribution in [3.63, 3.8) is 0 Å². The largest absolute Gasteiger partial charge is 0.351 e. The standard InChI is InChI=1S/C14H18N4O2/c1-2-11-8-13(20-17-11)14(19)18-7-3-4-10(9-18)12-5-6-15-16-12/h5-6,8,10H,2-4,7,9H2,1H3,(H,15,16)/t10-/m1/s1. The number of hydrogen-bond acceptors (Lipinski definition) is 4. The van der Waals surface area contributed by atoms with Gasteiger partial charge in [0.1, 0.15) is 0 Å². The van der Waals surface area contributed by atoms with Gasteiger partial charge in [-0.1, -0.05) is 12.1 Å². The highest BCUT2D eigenvalue weighted by molar-refractivity contribution is 5.91. The first-order chi connectivity index (χ1) is 9.78. The van der Waals surface area contributed by atoms with Crippen LogP contribution < -0.4 is 0 Å². The molecule has 6 heteroatoms. The van der Waals surface area contributed by atoms with Crippen molar-refractivity contribution in [2.75, 3.05) is 13.1 Å². The molecule has 1 fully saturated rings. The first kappa shape index (κ1) is 12.9. The van der Waals surface area contributed by atoms with E-state index < -0.39 is 0 Å². The number of nitrogens with zero attached hydrogens (tertiary/aromatic N) is 3. The first-order valence-corrected chi connectivity index (χ1v) is 7.02. The smallest absolute Gasteiger partial charge is 0.292 e. The molecule has 0 aromatic carbocycles. The molecule has 6 nitrogen and oxygen atoms in total. The quantitative estimate of drug-likeness (QED) is 0.928. The average molecular weight is 274 g/mol. The molecule has 1 amide bonds. The van der Waals surface area contributed by atoms with Crippen LogP contribution in [-0.4, -0.2) is 39.3 Å². The summed E-state index contributed by atoms with van der Waals surface area (Å²) >= 11 is 0. The van der Waals surface area contributed by atoms with E-state index in [1.165, 1.54) is 0 Å². The predicted molar refractivity (Wildman–Crippen MR) is 72.3 cm³/mol. The third kappa shape index (κ3) is 2.45. The fraction of sp³-hybridized carbons (Fsp3) is 0.500. The van der Waals surface area contributed by atoms with Gasteiger partial charge < -0.3 is 9.42 Å². The molecule has 2 aromatic rings. The van der Waals surface area contributed by atoms with Crippen LogP contribution in [-0.2, 0) is 6.42 Å². The lowest BCUT2D eigenvalue weighted by Crippen LogP contribution is -2.39. The number of amides is 1. The molecule has 20 heavy (non-hydrogen) atoms. The number of aromatic amines is 1. The van der Waals surface area contributed by atoms with Crippen LogP contribution in [0.3, 0.4) is 0 Å². The van der Waals surface area contributed by atoms with E-state index >= 15 is 0 Å². The van der Waals surface area contributed by atoms with E-state index in [9.17, 15) is 4.79 Å². The van der Waals surface area contributed by atoms with Crippen LogP contribution in [0.5, 0.6) is 0 Å². The van der Waals surface area contributed by atoms with Crippen molar-refractivity contribution in [2.45, 2.75) is 32.1 Å². The summed E-state index contributed by atoms with van der Waals surface area (Å²) in [6.45, 7) is 3.45. The van der Waals surface area contributed by atoms with Crippen LogP contribution in [0.2, 0.25) is 0 Å². The Balaban J connectivity index is 1.71. The molecule has 3 rings (SSSR count). The Labute approximate surface area is 117 Å². The molecule has 2 aromatic heterocycles. The molecule has 0 aliphatic carbocycles. The number of H-pyrrole nitrogens is 1. The number of hydrogen-bond donors (Lipinski definition) is 1. The molecule has 1 atom stereocenters. The number of aromatic nitrogens is 3. The van der Waals surface area contributed by atoms with Crippen molar-refractivity contribution in [1.82, 2.24) is 20.3 Å². The minimum Gasteiger partial charge on any atom is -0.351 e. The van der Waals surface area contributed by atoms with Crippen molar-refractivity contribution in [3.8, 4) is 0 Å². The fourth-order valence-electron chi connectivity index (χ4n) is 2.64. The third-order valence-corrected chi connectivity index (χ3v) is 3.80. The number of nitrogens with one attached hydrogen (secondary N) is 1. The number of carbonyl (C=O) groups is 1. The topological polar surface area (TPSA) is 75.0 Å². The maximum absolute atomic E-state index is 12.4. The van der Waals surface area contributed by atoms with Crippen molar-refractivity contribution in [3.05, 3.63) is 35.5 Å². The molecule has 3 heterocycles. The number of rotatable bonds is 3. The van der Waals surface area contributed by atoms with Crippen LogP contribution in [0.1, 0.15) is 47.6 Å². The van der Waals surface area contributed by atoms with Gasteiger partial charge in [0.25, 0.3) is 5.91 Å². The molecule has 1 aliphatic rings. The minimum absolute atomic E-state index is 0.0681. The number of carbonyl (C=O) groups excluding carboxylic acids is 1. The summed E-state index contributed by atoms with van der Waals surface area (Å²) in [5, 5.41) is 10.9. The summed E-state index contributed by atoms with van der Waals surface area (Å²) in [7, 11) is 0. The maximum Gasteiger partial charge on any atom is 0.292 e. The zero-order chi connectivity index (χ0) is 13.9. The van der Waals surface area contributed by atoms with Crippen LogP contribution in [0, 0.1) is 0 Å². The normalized spacial score (nSPS) is 19.2. The van der Waals surface area contributed by atoms with Crippen LogP contribution >= 0.6 is 0 Å². The van der Waals surface area contributed by atoms with E-state index in [1.807, 2.05) is 17.9 Å². The Bertz CT molecular complexity index is 576. The summed E-state index contributed by atoms with van der Waals surface area (Å²) in [4.78, 5) is 14.3. The third-order valence-electron chi connectivity index (χ3n) is 3.80. The molecule has 1 aliphatic heterocycles. The maximum atomic E-state index is 12.4. The van der Waals surface area contributed by atoms with Gasteiger partial charge in [-0.2, -0.15) is 5.10 Å². The summed E-state index contributed by atoms with van der Waals surface area (Å²) in [5.41, 5.74) is 1.91. The van der Waals surface area contributed by atoms with Crippen LogP contribution in [0.25, 0.3) is 0 Å². The van der Waals surface area contributed by atoms with Gasteiger partial charge in [0.2, 0.25) is 5.76 Å². The Hall–Kier alpha value is -2.11. The highest BCUT2D eigenvalue weighted by Crippen LogP contribution is 2.26. The zero-order valence-corrected chi connectivity index (χ0v) is 11.5. The van der Waals surface area contributed by atoms with E-state index in [0.717, 1.165) is 37.2 Å². The van der Waals surface area contributed by atoms with Gasteiger partial charge >= 0.3 is 0 Å². The Morgan fingerprint density at radius 2 is 2.50 bits per heavy atom. The molecule has 0 unspecified atom stereocenters. The van der Waals surface area contributed by atoms with Gasteiger partial charge in [0, 0.05) is 37.0 Å². The van der Waals surface area contributed by atoms with Gasteiger partial charge in [-0.25, -0.2) is 0 Å². The molecule has 1 saturated heterocycles. The summed E-state index contributed by atoms with van der Waals surface area (Å²) in [5.74, 6) is 0.595. The zero-order valence-electron chi connectivity index (χ0n) is 11.5. The second-order valence-electron chi connectivity index (χ2n) is 5.14. The molecule has 1 N–H and O–H groups in total. The highest BCUT2D eigenvalue weighted by atomic mass is 16.5. The van der Waals surface area contributed by atoms with Crippen molar-refractivity contribution >= 4 is 5.91 Å². The van der Waals surface area contributed by atoms with Crippen LogP contribution in [0.15, 0.2) is 22.9 Å². The van der Waals surface area contributed by atoms with E-state index in [0.29, 0.717) is 18.2 Å². The van der Waals surface area contributed by atoms with Crippen molar-refractivity contribution < 1.29 is 9.32 Å². The van der Waals surface area contributed by atoms with Gasteiger partial charge in [-0.05, 0) is 25.3 Å². The van der Waals surface area contributed by atoms with Gasteiger partial charge in [-0.3, -0.25) is 9.89 Å². The average Bonchev–Trinajstić information content (AvgIpc) is 3.17. The lowest BCUT2D eigenvalue weighted by atomic mass is 9.95. The van der Waals surface area contributed by atoms with Crippen molar-refractivity contribution in [1.29, 1.82) is 0 Å². The van der Waals surface area contributed by atoms with E-state index in [1.54, 1.807) is 12.3 Å². The molecule has 106 valence electrons. The van der Waals surface area contributed by atoms with E-state index in [-0.39, 0.29) is 5.91 Å². The molecular weight excluding hydrogens is 256 g/mol. The molecule has 0 spiro atoms. The Morgan fingerprint density at radius 1 is 1.60 bits per heavy atom. The van der Waals surface area contributed by atoms with Crippen molar-refractivity contribution in [2.24, 2.45) is 0 Å².